The van der Waals surface area contributed by atoms with Crippen LogP contribution in [0.1, 0.15) is 12.6 Å². The molecule has 22 heavy (non-hydrogen) atoms. The Balaban J connectivity index is 2.04. The third-order valence-corrected chi connectivity index (χ3v) is 3.14. The molecule has 0 radical (unpaired) electrons. The van der Waals surface area contributed by atoms with Gasteiger partial charge in [0, 0.05) is 5.69 Å². The molecule has 2 aromatic rings. The van der Waals surface area contributed by atoms with Crippen LogP contribution in [0.5, 0.6) is 0 Å². The maximum absolute atomic E-state index is 13.1. The zero-order valence-electron chi connectivity index (χ0n) is 12.1. The maximum atomic E-state index is 13.1. The number of carbonyl (C=O) groups excluding carboxylic acids is 1. The summed E-state index contributed by atoms with van der Waals surface area (Å²) in [4.78, 5) is 22.2. The van der Waals surface area contributed by atoms with E-state index in [1.165, 1.54) is 28.9 Å². The van der Waals surface area contributed by atoms with Crippen LogP contribution in [-0.4, -0.2) is 20.6 Å². The number of rotatable bonds is 5. The normalized spacial score (nSPS) is 12.0. The zero-order valence-corrected chi connectivity index (χ0v) is 12.1. The van der Waals surface area contributed by atoms with Crippen LogP contribution in [0.3, 0.4) is 0 Å². The van der Waals surface area contributed by atoms with Crippen molar-refractivity contribution in [1.29, 1.82) is 0 Å². The van der Waals surface area contributed by atoms with Crippen molar-refractivity contribution < 1.29 is 14.1 Å². The van der Waals surface area contributed by atoms with Gasteiger partial charge in [0.05, 0.1) is 29.3 Å². The summed E-state index contributed by atoms with van der Waals surface area (Å²) in [7, 11) is 0. The average Bonchev–Trinajstić information content (AvgIpc) is 2.80. The van der Waals surface area contributed by atoms with Crippen LogP contribution in [0.15, 0.2) is 30.3 Å². The van der Waals surface area contributed by atoms with Crippen molar-refractivity contribution in [3.8, 4) is 0 Å². The Bertz CT molecular complexity index is 714. The van der Waals surface area contributed by atoms with E-state index in [4.69, 9.17) is 0 Å². The van der Waals surface area contributed by atoms with Gasteiger partial charge >= 0.3 is 5.82 Å². The molecule has 8 heteroatoms. The molecule has 1 N–H and O–H groups in total. The zero-order chi connectivity index (χ0) is 16.3. The summed E-state index contributed by atoms with van der Waals surface area (Å²) in [6, 6.07) is 6.92. The summed E-state index contributed by atoms with van der Waals surface area (Å²) < 4.78 is 14.5. The van der Waals surface area contributed by atoms with Gasteiger partial charge in [0.25, 0.3) is 0 Å². The van der Waals surface area contributed by atoms with Crippen LogP contribution < -0.4 is 5.32 Å². The highest BCUT2D eigenvalue weighted by atomic mass is 19.1. The summed E-state index contributed by atoms with van der Waals surface area (Å²) in [5, 5.41) is 17.1. The quantitative estimate of drug-likeness (QED) is 0.679. The van der Waals surface area contributed by atoms with Crippen molar-refractivity contribution in [3.05, 3.63) is 52.0 Å². The SMILES string of the molecule is Cc1cc([N+](=O)[O-])nn1C[C@@H](C)C(=O)Nc1cccc(F)c1. The predicted octanol–water partition coefficient (Wildman–Crippen LogP) is 2.51. The second-order valence-electron chi connectivity index (χ2n) is 4.98. The molecule has 1 heterocycles. The van der Waals surface area contributed by atoms with Crippen LogP contribution in [0, 0.1) is 28.8 Å². The fourth-order valence-electron chi connectivity index (χ4n) is 1.94. The number of hydrogen-bond donors (Lipinski definition) is 1. The van der Waals surface area contributed by atoms with Crippen LogP contribution in [0.4, 0.5) is 15.9 Å². The summed E-state index contributed by atoms with van der Waals surface area (Å²) >= 11 is 0. The van der Waals surface area contributed by atoms with Gasteiger partial charge in [-0.15, -0.1) is 0 Å². The Hall–Kier alpha value is -2.77. The van der Waals surface area contributed by atoms with Crippen LogP contribution in [0.25, 0.3) is 0 Å². The molecule has 116 valence electrons. The van der Waals surface area contributed by atoms with Gasteiger partial charge in [-0.25, -0.2) is 4.39 Å². The van der Waals surface area contributed by atoms with Gasteiger partial charge in [0.1, 0.15) is 5.82 Å². The number of anilines is 1. The second-order valence-corrected chi connectivity index (χ2v) is 4.98. The molecule has 0 fully saturated rings. The van der Waals surface area contributed by atoms with E-state index in [0.29, 0.717) is 11.4 Å². The molecule has 1 aromatic heterocycles. The molecule has 7 nitrogen and oxygen atoms in total. The lowest BCUT2D eigenvalue weighted by atomic mass is 10.1. The lowest BCUT2D eigenvalue weighted by Crippen LogP contribution is -2.25. The molecule has 2 rings (SSSR count). The molecule has 0 bridgehead atoms. The van der Waals surface area contributed by atoms with E-state index in [-0.39, 0.29) is 18.3 Å². The molecule has 1 aromatic carbocycles. The smallest absolute Gasteiger partial charge is 0.358 e. The summed E-state index contributed by atoms with van der Waals surface area (Å²) in [6.45, 7) is 3.54. The number of nitrogens with zero attached hydrogens (tertiary/aromatic N) is 3. The minimum absolute atomic E-state index is 0.195. The summed E-state index contributed by atoms with van der Waals surface area (Å²) in [5.74, 6) is -1.50. The molecule has 0 aliphatic rings. The van der Waals surface area contributed by atoms with Gasteiger partial charge in [-0.05, 0) is 30.0 Å². The molecule has 0 unspecified atom stereocenters. The first-order valence-electron chi connectivity index (χ1n) is 6.62. The second kappa shape index (κ2) is 6.33. The van der Waals surface area contributed by atoms with E-state index in [0.717, 1.165) is 0 Å². The highest BCUT2D eigenvalue weighted by Gasteiger charge is 2.20. The maximum Gasteiger partial charge on any atom is 0.390 e. The Labute approximate surface area is 125 Å². The minimum atomic E-state index is -0.582. The molecular weight excluding hydrogens is 291 g/mol. The Morgan fingerprint density at radius 3 is 2.82 bits per heavy atom. The highest BCUT2D eigenvalue weighted by molar-refractivity contribution is 5.92. The van der Waals surface area contributed by atoms with Crippen LogP contribution in [-0.2, 0) is 11.3 Å². The number of benzene rings is 1. The highest BCUT2D eigenvalue weighted by Crippen LogP contribution is 2.15. The first-order chi connectivity index (χ1) is 10.4. The van der Waals surface area contributed by atoms with E-state index >= 15 is 0 Å². The summed E-state index contributed by atoms with van der Waals surface area (Å²) in [6.07, 6.45) is 0. The van der Waals surface area contributed by atoms with Gasteiger partial charge in [-0.1, -0.05) is 13.0 Å². The van der Waals surface area contributed by atoms with Crippen molar-refractivity contribution in [3.63, 3.8) is 0 Å². The predicted molar refractivity (Wildman–Crippen MR) is 77.8 cm³/mol. The lowest BCUT2D eigenvalue weighted by Gasteiger charge is -2.11. The van der Waals surface area contributed by atoms with Crippen molar-refractivity contribution in [2.45, 2.75) is 20.4 Å². The molecule has 1 amide bonds. The third-order valence-electron chi connectivity index (χ3n) is 3.14. The monoisotopic (exact) mass is 306 g/mol. The van der Waals surface area contributed by atoms with E-state index in [2.05, 4.69) is 10.4 Å². The number of halogens is 1. The average molecular weight is 306 g/mol. The standard InChI is InChI=1S/C14H15FN4O3/c1-9(8-18-10(2)6-13(17-18)19(21)22)14(20)16-12-5-3-4-11(15)7-12/h3-7,9H,8H2,1-2H3,(H,16,20)/t9-/m1/s1. The summed E-state index contributed by atoms with van der Waals surface area (Å²) in [5.41, 5.74) is 0.956. The first-order valence-corrected chi connectivity index (χ1v) is 6.62. The Kier molecular flexibility index (Phi) is 4.50. The van der Waals surface area contributed by atoms with E-state index in [1.54, 1.807) is 19.9 Å². The minimum Gasteiger partial charge on any atom is -0.358 e. The Morgan fingerprint density at radius 1 is 1.50 bits per heavy atom. The van der Waals surface area contributed by atoms with Gasteiger partial charge < -0.3 is 15.4 Å². The number of hydrogen-bond acceptors (Lipinski definition) is 4. The van der Waals surface area contributed by atoms with Crippen molar-refractivity contribution in [2.75, 3.05) is 5.32 Å². The van der Waals surface area contributed by atoms with Gasteiger partial charge in [0.15, 0.2) is 0 Å². The van der Waals surface area contributed by atoms with Gasteiger partial charge in [-0.2, -0.15) is 4.68 Å². The number of nitrogens with one attached hydrogen (secondary N) is 1. The molecule has 0 aliphatic carbocycles. The number of aromatic nitrogens is 2. The lowest BCUT2D eigenvalue weighted by molar-refractivity contribution is -0.389. The molecular formula is C14H15FN4O3. The van der Waals surface area contributed by atoms with E-state index in [9.17, 15) is 19.3 Å². The van der Waals surface area contributed by atoms with Crippen molar-refractivity contribution >= 4 is 17.4 Å². The first kappa shape index (κ1) is 15.6. The van der Waals surface area contributed by atoms with Gasteiger partial charge in [0.2, 0.25) is 5.91 Å². The van der Waals surface area contributed by atoms with Gasteiger partial charge in [-0.3, -0.25) is 4.79 Å². The van der Waals surface area contributed by atoms with E-state index < -0.39 is 16.7 Å². The van der Waals surface area contributed by atoms with Crippen molar-refractivity contribution in [1.82, 2.24) is 9.78 Å². The van der Waals surface area contributed by atoms with Crippen LogP contribution in [0.2, 0.25) is 0 Å². The molecule has 0 aliphatic heterocycles. The largest absolute Gasteiger partial charge is 0.390 e. The Morgan fingerprint density at radius 2 is 2.23 bits per heavy atom. The fourth-order valence-corrected chi connectivity index (χ4v) is 1.94. The molecule has 0 saturated carbocycles. The fraction of sp³-hybridized carbons (Fsp3) is 0.286. The third kappa shape index (κ3) is 3.66. The molecule has 1 atom stereocenters. The number of aryl methyl sites for hydroxylation is 1. The molecule has 0 saturated heterocycles. The van der Waals surface area contributed by atoms with E-state index in [1.807, 2.05) is 0 Å². The molecule has 0 spiro atoms. The van der Waals surface area contributed by atoms with Crippen LogP contribution >= 0.6 is 0 Å². The number of nitro groups is 1. The topological polar surface area (TPSA) is 90.1 Å². The number of amides is 1. The number of carbonyl (C=O) groups is 1. The van der Waals surface area contributed by atoms with Crippen molar-refractivity contribution in [2.24, 2.45) is 5.92 Å².